The number of hydrogen-bond donors (Lipinski definition) is 0. The van der Waals surface area contributed by atoms with Crippen LogP contribution in [0.5, 0.6) is 0 Å². The normalized spacial score (nSPS) is 10.4. The number of benzene rings is 1. The van der Waals surface area contributed by atoms with E-state index in [1.54, 1.807) is 11.9 Å². The zero-order valence-corrected chi connectivity index (χ0v) is 9.24. The van der Waals surface area contributed by atoms with Crippen LogP contribution in [0.2, 0.25) is 0 Å². The molecule has 0 radical (unpaired) electrons. The number of rotatable bonds is 3. The molecule has 1 aromatic rings. The van der Waals surface area contributed by atoms with Gasteiger partial charge in [-0.2, -0.15) is 0 Å². The Morgan fingerprint density at radius 1 is 1.29 bits per heavy atom. The molecule has 0 aromatic heterocycles. The van der Waals surface area contributed by atoms with Crippen molar-refractivity contribution in [3.63, 3.8) is 0 Å². The van der Waals surface area contributed by atoms with Crippen LogP contribution in [-0.2, 0) is 4.79 Å². The van der Waals surface area contributed by atoms with Gasteiger partial charge in [0.05, 0.1) is 0 Å². The number of anilines is 1. The summed E-state index contributed by atoms with van der Waals surface area (Å²) in [5, 5.41) is 0. The lowest BCUT2D eigenvalue weighted by Crippen LogP contribution is -2.14. The minimum absolute atomic E-state index is 0.494. The van der Waals surface area contributed by atoms with E-state index >= 15 is 0 Å². The monoisotopic (exact) mass is 191 g/mol. The minimum atomic E-state index is 0.494. The van der Waals surface area contributed by atoms with E-state index in [2.05, 4.69) is 26.0 Å². The average molecular weight is 191 g/mol. The first kappa shape index (κ1) is 10.8. The Morgan fingerprint density at radius 3 is 2.43 bits per heavy atom. The second-order valence-electron chi connectivity index (χ2n) is 3.97. The van der Waals surface area contributed by atoms with Crippen LogP contribution < -0.4 is 4.90 Å². The first-order valence-electron chi connectivity index (χ1n) is 4.84. The van der Waals surface area contributed by atoms with Crippen LogP contribution in [0.15, 0.2) is 18.2 Å². The summed E-state index contributed by atoms with van der Waals surface area (Å²) in [4.78, 5) is 12.2. The van der Waals surface area contributed by atoms with Gasteiger partial charge in [0, 0.05) is 12.7 Å². The van der Waals surface area contributed by atoms with Gasteiger partial charge in [-0.25, -0.2) is 0 Å². The van der Waals surface area contributed by atoms with E-state index in [1.807, 2.05) is 13.0 Å². The van der Waals surface area contributed by atoms with Crippen LogP contribution in [0.1, 0.15) is 30.9 Å². The highest BCUT2D eigenvalue weighted by Crippen LogP contribution is 2.22. The predicted molar refractivity (Wildman–Crippen MR) is 59.7 cm³/mol. The number of amides is 1. The van der Waals surface area contributed by atoms with Gasteiger partial charge < -0.3 is 4.90 Å². The van der Waals surface area contributed by atoms with Gasteiger partial charge in [0.15, 0.2) is 0 Å². The molecule has 1 aromatic carbocycles. The first-order valence-corrected chi connectivity index (χ1v) is 4.84. The molecule has 0 spiro atoms. The molecule has 14 heavy (non-hydrogen) atoms. The Bertz CT molecular complexity index is 331. The van der Waals surface area contributed by atoms with Gasteiger partial charge in [-0.3, -0.25) is 4.79 Å². The van der Waals surface area contributed by atoms with Crippen molar-refractivity contribution in [3.8, 4) is 0 Å². The summed E-state index contributed by atoms with van der Waals surface area (Å²) >= 11 is 0. The van der Waals surface area contributed by atoms with Gasteiger partial charge in [0.1, 0.15) is 0 Å². The molecule has 0 heterocycles. The fraction of sp³-hybridized carbons (Fsp3) is 0.417. The minimum Gasteiger partial charge on any atom is -0.318 e. The summed E-state index contributed by atoms with van der Waals surface area (Å²) in [6, 6.07) is 6.24. The first-order chi connectivity index (χ1) is 6.54. The zero-order chi connectivity index (χ0) is 10.7. The average Bonchev–Trinajstić information content (AvgIpc) is 2.15. The molecule has 2 nitrogen and oxygen atoms in total. The van der Waals surface area contributed by atoms with E-state index in [9.17, 15) is 4.79 Å². The second kappa shape index (κ2) is 4.27. The Hall–Kier alpha value is -1.31. The number of aryl methyl sites for hydroxylation is 1. The fourth-order valence-corrected chi connectivity index (χ4v) is 1.39. The number of carbonyl (C=O) groups excluding carboxylic acids is 1. The fourth-order valence-electron chi connectivity index (χ4n) is 1.39. The predicted octanol–water partition coefficient (Wildman–Crippen LogP) is 2.71. The highest BCUT2D eigenvalue weighted by molar-refractivity contribution is 5.74. The molecule has 0 aliphatic rings. The van der Waals surface area contributed by atoms with Gasteiger partial charge in [0.2, 0.25) is 6.41 Å². The maximum absolute atomic E-state index is 10.6. The summed E-state index contributed by atoms with van der Waals surface area (Å²) in [6.45, 7) is 6.35. The third-order valence-corrected chi connectivity index (χ3v) is 2.32. The largest absolute Gasteiger partial charge is 0.318 e. The smallest absolute Gasteiger partial charge is 0.213 e. The van der Waals surface area contributed by atoms with E-state index in [-0.39, 0.29) is 0 Å². The van der Waals surface area contributed by atoms with Crippen molar-refractivity contribution in [1.29, 1.82) is 0 Å². The Labute approximate surface area is 85.5 Å². The highest BCUT2D eigenvalue weighted by atomic mass is 16.1. The standard InChI is InChI=1S/C12H17NO/c1-9(2)11-5-10(3)6-12(7-11)13(4)8-14/h5-9H,1-4H3. The lowest BCUT2D eigenvalue weighted by Gasteiger charge is -2.15. The molecular formula is C12H17NO. The van der Waals surface area contributed by atoms with Crippen LogP contribution in [0.3, 0.4) is 0 Å². The van der Waals surface area contributed by atoms with Crippen molar-refractivity contribution in [1.82, 2.24) is 0 Å². The Morgan fingerprint density at radius 2 is 1.93 bits per heavy atom. The van der Waals surface area contributed by atoms with Crippen LogP contribution in [-0.4, -0.2) is 13.5 Å². The molecule has 0 fully saturated rings. The van der Waals surface area contributed by atoms with Gasteiger partial charge in [0.25, 0.3) is 0 Å². The van der Waals surface area contributed by atoms with Crippen molar-refractivity contribution in [2.24, 2.45) is 0 Å². The number of carbonyl (C=O) groups is 1. The molecular weight excluding hydrogens is 174 g/mol. The van der Waals surface area contributed by atoms with Crippen molar-refractivity contribution < 1.29 is 4.79 Å². The zero-order valence-electron chi connectivity index (χ0n) is 9.24. The van der Waals surface area contributed by atoms with Gasteiger partial charge in [-0.15, -0.1) is 0 Å². The summed E-state index contributed by atoms with van der Waals surface area (Å²) < 4.78 is 0. The molecule has 1 amide bonds. The molecule has 1 rings (SSSR count). The molecule has 76 valence electrons. The summed E-state index contributed by atoms with van der Waals surface area (Å²) in [7, 11) is 1.77. The molecule has 0 unspecified atom stereocenters. The van der Waals surface area contributed by atoms with Crippen LogP contribution >= 0.6 is 0 Å². The summed E-state index contributed by atoms with van der Waals surface area (Å²) in [5.41, 5.74) is 3.43. The SMILES string of the molecule is Cc1cc(C(C)C)cc(N(C)C=O)c1. The van der Waals surface area contributed by atoms with E-state index < -0.39 is 0 Å². The van der Waals surface area contributed by atoms with Gasteiger partial charge >= 0.3 is 0 Å². The third-order valence-electron chi connectivity index (χ3n) is 2.32. The number of nitrogens with zero attached hydrogens (tertiary/aromatic N) is 1. The molecule has 0 aliphatic heterocycles. The maximum Gasteiger partial charge on any atom is 0.213 e. The van der Waals surface area contributed by atoms with E-state index in [1.165, 1.54) is 11.1 Å². The molecule has 2 heteroatoms. The van der Waals surface area contributed by atoms with Crippen LogP contribution in [0, 0.1) is 6.92 Å². The Balaban J connectivity index is 3.13. The molecule has 0 saturated carbocycles. The highest BCUT2D eigenvalue weighted by Gasteiger charge is 2.04. The van der Waals surface area contributed by atoms with E-state index in [4.69, 9.17) is 0 Å². The molecule has 0 atom stereocenters. The second-order valence-corrected chi connectivity index (χ2v) is 3.97. The molecule has 0 saturated heterocycles. The van der Waals surface area contributed by atoms with Crippen LogP contribution in [0.25, 0.3) is 0 Å². The van der Waals surface area contributed by atoms with Crippen LogP contribution in [0.4, 0.5) is 5.69 Å². The maximum atomic E-state index is 10.6. The molecule has 0 bridgehead atoms. The lowest BCUT2D eigenvalue weighted by molar-refractivity contribution is -0.107. The van der Waals surface area contributed by atoms with E-state index in [0.29, 0.717) is 5.92 Å². The van der Waals surface area contributed by atoms with E-state index in [0.717, 1.165) is 12.1 Å². The molecule has 0 N–H and O–H groups in total. The van der Waals surface area contributed by atoms with Crippen molar-refractivity contribution in [2.45, 2.75) is 26.7 Å². The number of hydrogen-bond acceptors (Lipinski definition) is 1. The quantitative estimate of drug-likeness (QED) is 0.673. The molecule has 0 aliphatic carbocycles. The van der Waals surface area contributed by atoms with Crippen molar-refractivity contribution in [3.05, 3.63) is 29.3 Å². The summed E-state index contributed by atoms with van der Waals surface area (Å²) in [6.07, 6.45) is 0.832. The van der Waals surface area contributed by atoms with Crippen molar-refractivity contribution >= 4 is 12.1 Å². The Kier molecular flexibility index (Phi) is 3.28. The topological polar surface area (TPSA) is 20.3 Å². The third kappa shape index (κ3) is 2.34. The lowest BCUT2D eigenvalue weighted by atomic mass is 10.0. The summed E-state index contributed by atoms with van der Waals surface area (Å²) in [5.74, 6) is 0.494. The van der Waals surface area contributed by atoms with Crippen molar-refractivity contribution in [2.75, 3.05) is 11.9 Å². The van der Waals surface area contributed by atoms with Gasteiger partial charge in [-0.05, 0) is 36.1 Å². The van der Waals surface area contributed by atoms with Gasteiger partial charge in [-0.1, -0.05) is 19.9 Å².